The van der Waals surface area contributed by atoms with Crippen LogP contribution in [0.5, 0.6) is 5.75 Å². The third-order valence-corrected chi connectivity index (χ3v) is 5.19. The first kappa shape index (κ1) is 19.9. The average molecular weight is 382 g/mol. The summed E-state index contributed by atoms with van der Waals surface area (Å²) in [7, 11) is 5.78. The van der Waals surface area contributed by atoms with Gasteiger partial charge < -0.3 is 19.9 Å². The summed E-state index contributed by atoms with van der Waals surface area (Å²) in [6.45, 7) is 1.24. The lowest BCUT2D eigenvalue weighted by Crippen LogP contribution is -3.07. The van der Waals surface area contributed by atoms with Crippen molar-refractivity contribution in [1.82, 2.24) is 5.32 Å². The van der Waals surface area contributed by atoms with E-state index >= 15 is 0 Å². The Labute approximate surface area is 166 Å². The molecule has 0 unspecified atom stereocenters. The molecule has 1 aliphatic heterocycles. The van der Waals surface area contributed by atoms with E-state index in [1.807, 2.05) is 36.4 Å². The number of hydrogen-bond donors (Lipinski definition) is 2. The highest BCUT2D eigenvalue weighted by atomic mass is 16.5. The molecule has 28 heavy (non-hydrogen) atoms. The summed E-state index contributed by atoms with van der Waals surface area (Å²) < 4.78 is 5.48. The molecule has 0 bridgehead atoms. The number of methoxy groups -OCH3 is 1. The number of nitrogens with zero attached hydrogens (tertiary/aromatic N) is 1. The van der Waals surface area contributed by atoms with E-state index in [1.165, 1.54) is 4.90 Å². The zero-order chi connectivity index (χ0) is 20.1. The van der Waals surface area contributed by atoms with Crippen molar-refractivity contribution in [3.8, 4) is 5.75 Å². The molecule has 2 N–H and O–H groups in total. The minimum absolute atomic E-state index is 0.0709. The van der Waals surface area contributed by atoms with Crippen LogP contribution in [0.2, 0.25) is 0 Å². The number of hydrogen-bond acceptors (Lipinski definition) is 3. The predicted molar refractivity (Wildman–Crippen MR) is 109 cm³/mol. The van der Waals surface area contributed by atoms with Crippen LogP contribution in [-0.4, -0.2) is 46.1 Å². The van der Waals surface area contributed by atoms with Gasteiger partial charge in [-0.25, -0.2) is 0 Å². The third-order valence-electron chi connectivity index (χ3n) is 5.19. The SMILES string of the molecule is COc1ccccc1[C@@H](CNC(=O)c1ccc(N2CCCC2=O)cc1)[NH+](C)C. The molecule has 1 heterocycles. The van der Waals surface area contributed by atoms with Crippen LogP contribution >= 0.6 is 0 Å². The average Bonchev–Trinajstić information content (AvgIpc) is 3.14. The molecule has 0 aromatic heterocycles. The molecule has 2 aromatic carbocycles. The standard InChI is InChI=1S/C22H27N3O3/c1-24(2)19(18-7-4-5-8-20(18)28-3)15-23-22(27)16-10-12-17(13-11-16)25-14-6-9-21(25)26/h4-5,7-8,10-13,19H,6,9,14-15H2,1-3H3,(H,23,27)/p+1/t19-/m1/s1. The molecule has 3 rings (SSSR count). The fourth-order valence-electron chi connectivity index (χ4n) is 3.59. The van der Waals surface area contributed by atoms with E-state index in [1.54, 1.807) is 24.1 Å². The van der Waals surface area contributed by atoms with Crippen LogP contribution in [-0.2, 0) is 4.79 Å². The van der Waals surface area contributed by atoms with Gasteiger partial charge in [-0.1, -0.05) is 12.1 Å². The number of quaternary nitrogens is 1. The Morgan fingerprint density at radius 2 is 1.89 bits per heavy atom. The van der Waals surface area contributed by atoms with Gasteiger partial charge in [-0.3, -0.25) is 9.59 Å². The highest BCUT2D eigenvalue weighted by Gasteiger charge is 2.24. The van der Waals surface area contributed by atoms with E-state index in [2.05, 4.69) is 19.4 Å². The number of ether oxygens (including phenoxy) is 1. The molecule has 0 aliphatic carbocycles. The number of carbonyl (C=O) groups is 2. The summed E-state index contributed by atoms with van der Waals surface area (Å²) in [5.41, 5.74) is 2.50. The first-order chi connectivity index (χ1) is 13.5. The highest BCUT2D eigenvalue weighted by Crippen LogP contribution is 2.23. The van der Waals surface area contributed by atoms with E-state index in [4.69, 9.17) is 4.74 Å². The number of benzene rings is 2. The van der Waals surface area contributed by atoms with Gasteiger partial charge >= 0.3 is 0 Å². The van der Waals surface area contributed by atoms with E-state index in [0.717, 1.165) is 30.0 Å². The maximum Gasteiger partial charge on any atom is 0.251 e. The molecule has 1 fully saturated rings. The molecular formula is C22H28N3O3+. The van der Waals surface area contributed by atoms with Crippen LogP contribution in [0.1, 0.15) is 34.8 Å². The molecule has 1 atom stereocenters. The minimum atomic E-state index is -0.125. The second kappa shape index (κ2) is 8.89. The van der Waals surface area contributed by atoms with Crippen LogP contribution in [0, 0.1) is 0 Å². The summed E-state index contributed by atoms with van der Waals surface area (Å²) in [6.07, 6.45) is 1.48. The van der Waals surface area contributed by atoms with Gasteiger partial charge in [0.1, 0.15) is 11.8 Å². The quantitative estimate of drug-likeness (QED) is 0.762. The Kier molecular flexibility index (Phi) is 6.31. The molecule has 2 aromatic rings. The van der Waals surface area contributed by atoms with Crippen LogP contribution in [0.25, 0.3) is 0 Å². The Morgan fingerprint density at radius 3 is 2.50 bits per heavy atom. The number of amides is 2. The Hall–Kier alpha value is -2.86. The lowest BCUT2D eigenvalue weighted by atomic mass is 10.0. The van der Waals surface area contributed by atoms with Crippen molar-refractivity contribution in [1.29, 1.82) is 0 Å². The fraction of sp³-hybridized carbons (Fsp3) is 0.364. The van der Waals surface area contributed by atoms with Gasteiger partial charge in [-0.2, -0.15) is 0 Å². The largest absolute Gasteiger partial charge is 0.496 e. The Bertz CT molecular complexity index is 833. The molecule has 0 spiro atoms. The predicted octanol–water partition coefficient (Wildman–Crippen LogP) is 1.44. The van der Waals surface area contributed by atoms with E-state index in [0.29, 0.717) is 18.5 Å². The van der Waals surface area contributed by atoms with Crippen molar-refractivity contribution < 1.29 is 19.2 Å². The first-order valence-corrected chi connectivity index (χ1v) is 9.63. The number of rotatable bonds is 7. The molecule has 0 saturated carbocycles. The monoisotopic (exact) mass is 382 g/mol. The van der Waals surface area contributed by atoms with Gasteiger partial charge in [0.15, 0.2) is 0 Å². The second-order valence-corrected chi connectivity index (χ2v) is 7.28. The van der Waals surface area contributed by atoms with Crippen molar-refractivity contribution in [3.63, 3.8) is 0 Å². The van der Waals surface area contributed by atoms with Gasteiger partial charge in [-0.05, 0) is 42.8 Å². The zero-order valence-electron chi connectivity index (χ0n) is 16.7. The topological polar surface area (TPSA) is 63.1 Å². The third kappa shape index (κ3) is 4.34. The van der Waals surface area contributed by atoms with Gasteiger partial charge in [0.25, 0.3) is 5.91 Å². The number of para-hydroxylation sites is 1. The van der Waals surface area contributed by atoms with Gasteiger partial charge in [-0.15, -0.1) is 0 Å². The van der Waals surface area contributed by atoms with E-state index < -0.39 is 0 Å². The summed E-state index contributed by atoms with van der Waals surface area (Å²) >= 11 is 0. The molecule has 0 radical (unpaired) electrons. The Morgan fingerprint density at radius 1 is 1.18 bits per heavy atom. The normalized spacial score (nSPS) is 15.0. The van der Waals surface area contributed by atoms with Crippen LogP contribution in [0.4, 0.5) is 5.69 Å². The van der Waals surface area contributed by atoms with Gasteiger partial charge in [0.2, 0.25) is 5.91 Å². The van der Waals surface area contributed by atoms with Gasteiger partial charge in [0.05, 0.1) is 33.3 Å². The molecule has 6 nitrogen and oxygen atoms in total. The number of likely N-dealkylation sites (N-methyl/N-ethyl adjacent to an activating group) is 1. The van der Waals surface area contributed by atoms with Crippen molar-refractivity contribution in [2.75, 3.05) is 39.2 Å². The molecule has 1 aliphatic rings. The number of anilines is 1. The molecular weight excluding hydrogens is 354 g/mol. The maximum absolute atomic E-state index is 12.6. The lowest BCUT2D eigenvalue weighted by molar-refractivity contribution is -0.890. The van der Waals surface area contributed by atoms with Crippen LogP contribution in [0.3, 0.4) is 0 Å². The van der Waals surface area contributed by atoms with Crippen LogP contribution < -0.4 is 19.9 Å². The zero-order valence-corrected chi connectivity index (χ0v) is 16.7. The molecule has 6 heteroatoms. The van der Waals surface area contributed by atoms with Gasteiger partial charge in [0, 0.05) is 24.2 Å². The number of nitrogens with one attached hydrogen (secondary N) is 2. The van der Waals surface area contributed by atoms with Crippen molar-refractivity contribution in [3.05, 3.63) is 59.7 Å². The smallest absolute Gasteiger partial charge is 0.251 e. The Balaban J connectivity index is 1.67. The summed E-state index contributed by atoms with van der Waals surface area (Å²) in [4.78, 5) is 27.5. The summed E-state index contributed by atoms with van der Waals surface area (Å²) in [5, 5.41) is 3.03. The maximum atomic E-state index is 12.6. The molecule has 148 valence electrons. The minimum Gasteiger partial charge on any atom is -0.496 e. The first-order valence-electron chi connectivity index (χ1n) is 9.63. The second-order valence-electron chi connectivity index (χ2n) is 7.28. The van der Waals surface area contributed by atoms with Crippen molar-refractivity contribution in [2.24, 2.45) is 0 Å². The fourth-order valence-corrected chi connectivity index (χ4v) is 3.59. The van der Waals surface area contributed by atoms with E-state index in [-0.39, 0.29) is 17.9 Å². The number of carbonyl (C=O) groups excluding carboxylic acids is 2. The molecule has 1 saturated heterocycles. The summed E-state index contributed by atoms with van der Waals surface area (Å²) in [5.74, 6) is 0.842. The van der Waals surface area contributed by atoms with Crippen molar-refractivity contribution in [2.45, 2.75) is 18.9 Å². The summed E-state index contributed by atoms with van der Waals surface area (Å²) in [6, 6.07) is 15.2. The van der Waals surface area contributed by atoms with Crippen molar-refractivity contribution >= 4 is 17.5 Å². The van der Waals surface area contributed by atoms with E-state index in [9.17, 15) is 9.59 Å². The lowest BCUT2D eigenvalue weighted by Gasteiger charge is -2.24. The van der Waals surface area contributed by atoms with Crippen LogP contribution in [0.15, 0.2) is 48.5 Å². The molecule has 2 amide bonds. The highest BCUT2D eigenvalue weighted by molar-refractivity contribution is 5.97.